The number of imidazole rings is 1. The van der Waals surface area contributed by atoms with Gasteiger partial charge in [-0.05, 0) is 13.1 Å². The predicted molar refractivity (Wildman–Crippen MR) is 61.4 cm³/mol. The van der Waals surface area contributed by atoms with E-state index >= 15 is 0 Å². The van der Waals surface area contributed by atoms with E-state index in [-0.39, 0.29) is 5.82 Å². The van der Waals surface area contributed by atoms with Gasteiger partial charge in [0.1, 0.15) is 11.6 Å². The molecule has 0 aliphatic heterocycles. The quantitative estimate of drug-likeness (QED) is 0.855. The molecule has 1 N–H and O–H groups in total. The highest BCUT2D eigenvalue weighted by Gasteiger charge is 2.07. The molecule has 1 aromatic carbocycles. The van der Waals surface area contributed by atoms with Gasteiger partial charge in [0.2, 0.25) is 0 Å². The normalized spacial score (nSPS) is 10.7. The zero-order valence-electron chi connectivity index (χ0n) is 9.37. The van der Waals surface area contributed by atoms with Crippen LogP contribution in [-0.2, 0) is 13.6 Å². The van der Waals surface area contributed by atoms with Gasteiger partial charge in [0, 0.05) is 37.1 Å². The molecular formula is C12H14FN3. The lowest BCUT2D eigenvalue weighted by molar-refractivity contribution is 0.601. The van der Waals surface area contributed by atoms with E-state index in [0.29, 0.717) is 12.1 Å². The van der Waals surface area contributed by atoms with Crippen molar-refractivity contribution >= 4 is 0 Å². The largest absolute Gasteiger partial charge is 0.334 e. The van der Waals surface area contributed by atoms with E-state index in [4.69, 9.17) is 0 Å². The summed E-state index contributed by atoms with van der Waals surface area (Å²) in [5.74, 6) is 0.574. The topological polar surface area (TPSA) is 29.9 Å². The summed E-state index contributed by atoms with van der Waals surface area (Å²) in [6.45, 7) is 0.534. The molecule has 1 aromatic heterocycles. The van der Waals surface area contributed by atoms with Crippen LogP contribution >= 0.6 is 0 Å². The van der Waals surface area contributed by atoms with Crippen molar-refractivity contribution in [1.82, 2.24) is 14.9 Å². The van der Waals surface area contributed by atoms with Crippen LogP contribution < -0.4 is 5.32 Å². The summed E-state index contributed by atoms with van der Waals surface area (Å²) < 4.78 is 15.6. The fourth-order valence-electron chi connectivity index (χ4n) is 1.66. The standard InChI is InChI=1S/C12H14FN3/c1-14-8-10-4-3-9(7-11(10)13)12-15-5-6-16(12)2/h3-7,14H,8H2,1-2H3. The van der Waals surface area contributed by atoms with Crippen LogP contribution in [-0.4, -0.2) is 16.6 Å². The van der Waals surface area contributed by atoms with E-state index in [1.54, 1.807) is 19.3 Å². The van der Waals surface area contributed by atoms with Gasteiger partial charge in [-0.15, -0.1) is 0 Å². The second kappa shape index (κ2) is 4.45. The molecule has 84 valence electrons. The van der Waals surface area contributed by atoms with Crippen LogP contribution in [0.3, 0.4) is 0 Å². The molecule has 0 aliphatic rings. The number of aryl methyl sites for hydroxylation is 1. The highest BCUT2D eigenvalue weighted by atomic mass is 19.1. The van der Waals surface area contributed by atoms with Crippen molar-refractivity contribution in [1.29, 1.82) is 0 Å². The summed E-state index contributed by atoms with van der Waals surface area (Å²) >= 11 is 0. The molecule has 0 saturated carbocycles. The molecule has 0 radical (unpaired) electrons. The summed E-state index contributed by atoms with van der Waals surface area (Å²) in [5.41, 5.74) is 1.46. The first-order valence-electron chi connectivity index (χ1n) is 5.13. The van der Waals surface area contributed by atoms with Crippen molar-refractivity contribution in [3.05, 3.63) is 42.0 Å². The van der Waals surface area contributed by atoms with Gasteiger partial charge < -0.3 is 9.88 Å². The first-order chi connectivity index (χ1) is 7.72. The van der Waals surface area contributed by atoms with Crippen molar-refractivity contribution in [2.75, 3.05) is 7.05 Å². The Bertz CT molecular complexity index is 491. The Morgan fingerprint density at radius 2 is 2.25 bits per heavy atom. The van der Waals surface area contributed by atoms with E-state index in [0.717, 1.165) is 11.4 Å². The van der Waals surface area contributed by atoms with Crippen molar-refractivity contribution in [3.63, 3.8) is 0 Å². The minimum atomic E-state index is -0.199. The van der Waals surface area contributed by atoms with E-state index in [1.165, 1.54) is 6.07 Å². The Hall–Kier alpha value is -1.68. The van der Waals surface area contributed by atoms with Crippen LogP contribution in [0.5, 0.6) is 0 Å². The third-order valence-corrected chi connectivity index (χ3v) is 2.50. The maximum Gasteiger partial charge on any atom is 0.139 e. The average Bonchev–Trinajstić information content (AvgIpc) is 2.68. The SMILES string of the molecule is CNCc1ccc(-c2nccn2C)cc1F. The van der Waals surface area contributed by atoms with E-state index in [2.05, 4.69) is 10.3 Å². The number of hydrogen-bond donors (Lipinski definition) is 1. The van der Waals surface area contributed by atoms with Gasteiger partial charge in [-0.1, -0.05) is 12.1 Å². The highest BCUT2D eigenvalue weighted by Crippen LogP contribution is 2.19. The Balaban J connectivity index is 2.38. The third-order valence-electron chi connectivity index (χ3n) is 2.50. The third kappa shape index (κ3) is 1.97. The number of benzene rings is 1. The zero-order valence-corrected chi connectivity index (χ0v) is 9.37. The van der Waals surface area contributed by atoms with Gasteiger partial charge in [-0.25, -0.2) is 9.37 Å². The molecule has 4 heteroatoms. The highest BCUT2D eigenvalue weighted by molar-refractivity contribution is 5.56. The Labute approximate surface area is 93.9 Å². The summed E-state index contributed by atoms with van der Waals surface area (Å²) in [6, 6.07) is 5.20. The Kier molecular flexibility index (Phi) is 3.01. The van der Waals surface area contributed by atoms with E-state index in [1.807, 2.05) is 23.9 Å². The number of aromatic nitrogens is 2. The second-order valence-corrected chi connectivity index (χ2v) is 3.70. The Morgan fingerprint density at radius 3 is 2.81 bits per heavy atom. The molecule has 0 aliphatic carbocycles. The van der Waals surface area contributed by atoms with Gasteiger partial charge >= 0.3 is 0 Å². The molecule has 0 spiro atoms. The summed E-state index contributed by atoms with van der Waals surface area (Å²) in [6.07, 6.45) is 3.55. The van der Waals surface area contributed by atoms with E-state index < -0.39 is 0 Å². The lowest BCUT2D eigenvalue weighted by Crippen LogP contribution is -2.07. The molecular weight excluding hydrogens is 205 g/mol. The summed E-state index contributed by atoms with van der Waals surface area (Å²) in [5, 5.41) is 2.93. The number of halogens is 1. The van der Waals surface area contributed by atoms with Crippen molar-refractivity contribution in [2.24, 2.45) is 7.05 Å². The number of rotatable bonds is 3. The molecule has 2 rings (SSSR count). The minimum absolute atomic E-state index is 0.199. The monoisotopic (exact) mass is 219 g/mol. The number of hydrogen-bond acceptors (Lipinski definition) is 2. The van der Waals surface area contributed by atoms with Gasteiger partial charge in [0.15, 0.2) is 0 Å². The molecule has 0 atom stereocenters. The molecule has 0 amide bonds. The fraction of sp³-hybridized carbons (Fsp3) is 0.250. The summed E-state index contributed by atoms with van der Waals surface area (Å²) in [7, 11) is 3.69. The second-order valence-electron chi connectivity index (χ2n) is 3.70. The molecule has 0 unspecified atom stereocenters. The van der Waals surface area contributed by atoms with Gasteiger partial charge in [0.25, 0.3) is 0 Å². The van der Waals surface area contributed by atoms with Crippen LogP contribution in [0.15, 0.2) is 30.6 Å². The number of nitrogens with zero attached hydrogens (tertiary/aromatic N) is 2. The first-order valence-corrected chi connectivity index (χ1v) is 5.13. The molecule has 16 heavy (non-hydrogen) atoms. The summed E-state index contributed by atoms with van der Waals surface area (Å²) in [4.78, 5) is 4.18. The van der Waals surface area contributed by atoms with Crippen molar-refractivity contribution in [3.8, 4) is 11.4 Å². The maximum atomic E-state index is 13.7. The first kappa shape index (κ1) is 10.8. The van der Waals surface area contributed by atoms with Crippen LogP contribution in [0.1, 0.15) is 5.56 Å². The van der Waals surface area contributed by atoms with Crippen molar-refractivity contribution in [2.45, 2.75) is 6.54 Å². The van der Waals surface area contributed by atoms with Crippen LogP contribution in [0.25, 0.3) is 11.4 Å². The van der Waals surface area contributed by atoms with Gasteiger partial charge in [-0.3, -0.25) is 0 Å². The lowest BCUT2D eigenvalue weighted by Gasteiger charge is -2.05. The Morgan fingerprint density at radius 1 is 1.44 bits per heavy atom. The van der Waals surface area contributed by atoms with Gasteiger partial charge in [-0.2, -0.15) is 0 Å². The molecule has 1 heterocycles. The maximum absolute atomic E-state index is 13.7. The minimum Gasteiger partial charge on any atom is -0.334 e. The van der Waals surface area contributed by atoms with Crippen molar-refractivity contribution < 1.29 is 4.39 Å². The van der Waals surface area contributed by atoms with Crippen LogP contribution in [0, 0.1) is 5.82 Å². The molecule has 0 saturated heterocycles. The number of nitrogens with one attached hydrogen (secondary N) is 1. The molecule has 3 nitrogen and oxygen atoms in total. The molecule has 2 aromatic rings. The lowest BCUT2D eigenvalue weighted by atomic mass is 10.1. The average molecular weight is 219 g/mol. The van der Waals surface area contributed by atoms with Crippen LogP contribution in [0.4, 0.5) is 4.39 Å². The smallest absolute Gasteiger partial charge is 0.139 e. The fourth-order valence-corrected chi connectivity index (χ4v) is 1.66. The molecule has 0 fully saturated rings. The zero-order chi connectivity index (χ0) is 11.5. The van der Waals surface area contributed by atoms with E-state index in [9.17, 15) is 4.39 Å². The van der Waals surface area contributed by atoms with Gasteiger partial charge in [0.05, 0.1) is 0 Å². The van der Waals surface area contributed by atoms with Crippen LogP contribution in [0.2, 0.25) is 0 Å². The predicted octanol–water partition coefficient (Wildman–Crippen LogP) is 1.95. The molecule has 0 bridgehead atoms.